The maximum Gasteiger partial charge on any atom is 0.143 e. The molecule has 0 aliphatic carbocycles. The first-order valence-electron chi connectivity index (χ1n) is 7.75. The second-order valence-electron chi connectivity index (χ2n) is 5.40. The number of hydrogen-bond acceptors (Lipinski definition) is 4. The molecule has 3 aromatic rings. The van der Waals surface area contributed by atoms with Crippen LogP contribution < -0.4 is 0 Å². The molecule has 0 saturated carbocycles. The van der Waals surface area contributed by atoms with Gasteiger partial charge in [-0.3, -0.25) is 0 Å². The number of rotatable bonds is 6. The fraction of sp³-hybridized carbons (Fsp3) is 0.0526. The van der Waals surface area contributed by atoms with Gasteiger partial charge < -0.3 is 4.84 Å². The third kappa shape index (κ3) is 5.53. The molecule has 0 spiro atoms. The molecule has 27 heavy (non-hydrogen) atoms. The number of hydrogen-bond donors (Lipinski definition) is 0. The van der Waals surface area contributed by atoms with Gasteiger partial charge in [-0.2, -0.15) is 0 Å². The third-order valence-corrected chi connectivity index (χ3v) is 5.65. The quantitative estimate of drug-likeness (QED) is 0.362. The van der Waals surface area contributed by atoms with Crippen LogP contribution in [0.3, 0.4) is 0 Å². The van der Waals surface area contributed by atoms with Crippen LogP contribution in [-0.4, -0.2) is 15.4 Å². The van der Waals surface area contributed by atoms with Crippen molar-refractivity contribution in [3.8, 4) is 0 Å². The van der Waals surface area contributed by atoms with Gasteiger partial charge in [0.1, 0.15) is 22.4 Å². The van der Waals surface area contributed by atoms with E-state index in [4.69, 9.17) is 39.6 Å². The zero-order chi connectivity index (χ0) is 19.2. The molecule has 0 N–H and O–H groups in total. The topological polar surface area (TPSA) is 51.5 Å². The summed E-state index contributed by atoms with van der Waals surface area (Å²) in [4.78, 5) is 10.1. The molecule has 2 aromatic carbocycles. The van der Waals surface area contributed by atoms with Gasteiger partial charge in [0.05, 0.1) is 6.21 Å². The number of benzene rings is 2. The normalized spacial score (nSPS) is 12.3. The monoisotopic (exact) mass is 438 g/mol. The number of aromatic nitrogens is 1. The van der Waals surface area contributed by atoms with E-state index in [1.165, 1.54) is 6.21 Å². The molecule has 0 bridgehead atoms. The van der Waals surface area contributed by atoms with Crippen molar-refractivity contribution in [2.75, 3.05) is 0 Å². The van der Waals surface area contributed by atoms with Crippen molar-refractivity contribution in [1.82, 2.24) is 4.98 Å². The van der Waals surface area contributed by atoms with Gasteiger partial charge in [-0.1, -0.05) is 46.0 Å². The lowest BCUT2D eigenvalue weighted by Gasteiger charge is -2.03. The lowest BCUT2D eigenvalue weighted by molar-refractivity contribution is 0.132. The molecule has 0 radical (unpaired) electrons. The first-order chi connectivity index (χ1) is 13.0. The molecule has 1 heterocycles. The minimum Gasteiger partial charge on any atom is -0.391 e. The minimum atomic E-state index is -1.37. The van der Waals surface area contributed by atoms with Crippen LogP contribution >= 0.6 is 34.8 Å². The van der Waals surface area contributed by atoms with Crippen molar-refractivity contribution >= 4 is 51.8 Å². The van der Waals surface area contributed by atoms with Gasteiger partial charge in [0.2, 0.25) is 0 Å². The molecule has 0 amide bonds. The number of oxime groups is 1. The van der Waals surface area contributed by atoms with E-state index < -0.39 is 10.8 Å². The summed E-state index contributed by atoms with van der Waals surface area (Å²) < 4.78 is 12.5. The zero-order valence-corrected chi connectivity index (χ0v) is 16.9. The average molecular weight is 440 g/mol. The van der Waals surface area contributed by atoms with Crippen molar-refractivity contribution < 1.29 is 9.05 Å². The molecule has 1 atom stereocenters. The predicted molar refractivity (Wildman–Crippen MR) is 109 cm³/mol. The third-order valence-electron chi connectivity index (χ3n) is 3.49. The van der Waals surface area contributed by atoms with E-state index in [2.05, 4.69) is 10.1 Å². The van der Waals surface area contributed by atoms with Crippen LogP contribution in [0.15, 0.2) is 75.9 Å². The largest absolute Gasteiger partial charge is 0.391 e. The number of halogens is 3. The Morgan fingerprint density at radius 1 is 1.00 bits per heavy atom. The molecule has 0 fully saturated rings. The molecule has 4 nitrogen and oxygen atoms in total. The highest BCUT2D eigenvalue weighted by atomic mass is 35.5. The molecule has 8 heteroatoms. The van der Waals surface area contributed by atoms with E-state index >= 15 is 0 Å². The van der Waals surface area contributed by atoms with E-state index in [0.717, 1.165) is 5.56 Å². The van der Waals surface area contributed by atoms with Gasteiger partial charge in [-0.15, -0.1) is 0 Å². The number of nitrogens with zero attached hydrogens (tertiary/aromatic N) is 2. The minimum absolute atomic E-state index is 0.221. The lowest BCUT2D eigenvalue weighted by Crippen LogP contribution is -1.97. The highest BCUT2D eigenvalue weighted by Crippen LogP contribution is 2.21. The fourth-order valence-electron chi connectivity index (χ4n) is 2.10. The van der Waals surface area contributed by atoms with E-state index in [1.54, 1.807) is 60.8 Å². The molecular formula is C19H13Cl3N2O2S. The Labute approximate surface area is 174 Å². The van der Waals surface area contributed by atoms with E-state index in [-0.39, 0.29) is 6.61 Å². The van der Waals surface area contributed by atoms with Gasteiger partial charge in [0.15, 0.2) is 0 Å². The van der Waals surface area contributed by atoms with E-state index in [1.807, 2.05) is 0 Å². The van der Waals surface area contributed by atoms with Crippen molar-refractivity contribution in [3.63, 3.8) is 0 Å². The Bertz CT molecular complexity index is 977. The van der Waals surface area contributed by atoms with Gasteiger partial charge in [-0.25, -0.2) is 9.19 Å². The average Bonchev–Trinajstić information content (AvgIpc) is 2.67. The van der Waals surface area contributed by atoms with Crippen molar-refractivity contribution in [1.29, 1.82) is 0 Å². The van der Waals surface area contributed by atoms with Crippen LogP contribution in [0.1, 0.15) is 11.1 Å². The first kappa shape index (κ1) is 19.8. The van der Waals surface area contributed by atoms with Crippen molar-refractivity contribution in [3.05, 3.63) is 87.0 Å². The number of pyridine rings is 1. The summed E-state index contributed by atoms with van der Waals surface area (Å²) >= 11 is 17.8. The summed E-state index contributed by atoms with van der Waals surface area (Å²) in [7, 11) is -1.37. The highest BCUT2D eigenvalue weighted by Gasteiger charge is 2.08. The fourth-order valence-corrected chi connectivity index (χ4v) is 3.65. The Morgan fingerprint density at radius 2 is 1.74 bits per heavy atom. The molecule has 0 aliphatic rings. The summed E-state index contributed by atoms with van der Waals surface area (Å²) in [5.41, 5.74) is 1.50. The van der Waals surface area contributed by atoms with Gasteiger partial charge in [0.25, 0.3) is 0 Å². The summed E-state index contributed by atoms with van der Waals surface area (Å²) in [6.07, 6.45) is 3.09. The maximum absolute atomic E-state index is 12.5. The molecule has 1 aromatic heterocycles. The van der Waals surface area contributed by atoms with Crippen molar-refractivity contribution in [2.24, 2.45) is 5.16 Å². The Balaban J connectivity index is 1.59. The Hall–Kier alpha value is -1.92. The summed E-state index contributed by atoms with van der Waals surface area (Å²) in [6.45, 7) is 0.221. The SMILES string of the molecule is O=[S@](c1ccc(Cl)cc1)c1ccc(/C=N\OCc2ccc(Cl)cc2Cl)cn1. The molecular weight excluding hydrogens is 427 g/mol. The van der Waals surface area contributed by atoms with Crippen LogP contribution in [0.25, 0.3) is 0 Å². The van der Waals surface area contributed by atoms with E-state index in [0.29, 0.717) is 30.6 Å². The summed E-state index contributed by atoms with van der Waals surface area (Å²) in [5, 5.41) is 6.02. The smallest absolute Gasteiger partial charge is 0.143 e. The molecule has 3 rings (SSSR count). The summed E-state index contributed by atoms with van der Waals surface area (Å²) in [5.74, 6) is 0. The predicted octanol–water partition coefficient (Wildman–Crippen LogP) is 5.76. The van der Waals surface area contributed by atoms with Crippen LogP contribution in [-0.2, 0) is 22.2 Å². The maximum atomic E-state index is 12.5. The lowest BCUT2D eigenvalue weighted by atomic mass is 10.2. The Kier molecular flexibility index (Phi) is 6.85. The molecule has 0 saturated heterocycles. The van der Waals surface area contributed by atoms with Crippen LogP contribution in [0.4, 0.5) is 0 Å². The Morgan fingerprint density at radius 3 is 2.41 bits per heavy atom. The standard InChI is InChI=1S/C19H13Cl3N2O2S/c20-15-4-6-17(7-5-15)27(25)19-8-1-13(10-23-19)11-24-26-12-14-2-3-16(21)9-18(14)22/h1-11H,12H2/b24-11-/t27-/m1/s1. The second kappa shape index (κ2) is 9.33. The van der Waals surface area contributed by atoms with Crippen molar-refractivity contribution in [2.45, 2.75) is 16.5 Å². The van der Waals surface area contributed by atoms with Crippen LogP contribution in [0, 0.1) is 0 Å². The van der Waals surface area contributed by atoms with Gasteiger partial charge in [-0.05, 0) is 48.5 Å². The van der Waals surface area contributed by atoms with E-state index in [9.17, 15) is 4.21 Å². The molecule has 0 aliphatic heterocycles. The first-order valence-corrected chi connectivity index (χ1v) is 10.0. The van der Waals surface area contributed by atoms with Gasteiger partial charge >= 0.3 is 0 Å². The van der Waals surface area contributed by atoms with Gasteiger partial charge in [0, 0.05) is 37.3 Å². The second-order valence-corrected chi connectivity index (χ2v) is 8.10. The summed E-state index contributed by atoms with van der Waals surface area (Å²) in [6, 6.07) is 15.4. The molecule has 138 valence electrons. The molecule has 0 unspecified atom stereocenters. The van der Waals surface area contributed by atoms with Crippen LogP contribution in [0.5, 0.6) is 0 Å². The zero-order valence-electron chi connectivity index (χ0n) is 13.8. The highest BCUT2D eigenvalue weighted by molar-refractivity contribution is 7.85. The van der Waals surface area contributed by atoms with Crippen LogP contribution in [0.2, 0.25) is 15.1 Å².